The first-order valence-electron chi connectivity index (χ1n) is 13.5. The van der Waals surface area contributed by atoms with Gasteiger partial charge in [0.2, 0.25) is 10.0 Å². The van der Waals surface area contributed by atoms with E-state index in [-0.39, 0.29) is 38.1 Å². The summed E-state index contributed by atoms with van der Waals surface area (Å²) in [5.74, 6) is 0.210. The molecular weight excluding hydrogens is 619 g/mol. The van der Waals surface area contributed by atoms with Crippen molar-refractivity contribution in [3.8, 4) is 5.69 Å². The molecule has 2 aromatic heterocycles. The third kappa shape index (κ3) is 5.54. The Morgan fingerprint density at radius 3 is 2.33 bits per heavy atom. The van der Waals surface area contributed by atoms with E-state index in [0.29, 0.717) is 30.5 Å². The van der Waals surface area contributed by atoms with Crippen molar-refractivity contribution in [2.45, 2.75) is 29.9 Å². The first-order chi connectivity index (χ1) is 20.3. The zero-order valence-electron chi connectivity index (χ0n) is 23.4. The number of aromatic nitrogens is 4. The average molecular weight is 650 g/mol. The highest BCUT2D eigenvalue weighted by Gasteiger charge is 2.40. The molecule has 2 aliphatic heterocycles. The number of primary sulfonamides is 1. The van der Waals surface area contributed by atoms with E-state index in [9.17, 15) is 13.2 Å². The van der Waals surface area contributed by atoms with Gasteiger partial charge in [-0.15, -0.1) is 5.10 Å². The Balaban J connectivity index is 1.34. The molecule has 1 spiro atoms. The molecule has 0 saturated carbocycles. The Morgan fingerprint density at radius 2 is 1.74 bits per heavy atom. The quantitative estimate of drug-likeness (QED) is 0.264. The number of nitrogen functional groups attached to an aromatic ring is 1. The van der Waals surface area contributed by atoms with Crippen LogP contribution in [0.15, 0.2) is 40.0 Å². The third-order valence-electron chi connectivity index (χ3n) is 7.67. The van der Waals surface area contributed by atoms with Crippen LogP contribution in [-0.2, 0) is 25.9 Å². The molecule has 0 amide bonds. The van der Waals surface area contributed by atoms with Gasteiger partial charge in [0.25, 0.3) is 5.56 Å². The fourth-order valence-corrected chi connectivity index (χ4v) is 6.93. The number of ether oxygens (including phenoxy) is 2. The number of nitrogens with two attached hydrogens (primary N) is 2. The Kier molecular flexibility index (Phi) is 7.55. The molecule has 5 N–H and O–H groups in total. The predicted molar refractivity (Wildman–Crippen MR) is 165 cm³/mol. The number of fused-ring (bicyclic) bond motifs is 1. The van der Waals surface area contributed by atoms with Gasteiger partial charge in [0.1, 0.15) is 16.9 Å². The summed E-state index contributed by atoms with van der Waals surface area (Å²) in [6, 6.07) is 8.14. The van der Waals surface area contributed by atoms with Gasteiger partial charge in [-0.3, -0.25) is 4.79 Å². The molecule has 2 aliphatic rings. The van der Waals surface area contributed by atoms with Crippen LogP contribution < -0.4 is 26.2 Å². The van der Waals surface area contributed by atoms with Crippen LogP contribution in [0.25, 0.3) is 16.7 Å². The van der Waals surface area contributed by atoms with Gasteiger partial charge in [-0.05, 0) is 29.8 Å². The van der Waals surface area contributed by atoms with Crippen LogP contribution in [0.2, 0.25) is 10.0 Å². The summed E-state index contributed by atoms with van der Waals surface area (Å²) in [5.41, 5.74) is 8.80. The molecule has 0 bridgehead atoms. The summed E-state index contributed by atoms with van der Waals surface area (Å²) >= 11 is 13.0. The Morgan fingerprint density at radius 1 is 1.09 bits per heavy atom. The van der Waals surface area contributed by atoms with Gasteiger partial charge in [0.15, 0.2) is 17.3 Å². The first-order valence-corrected chi connectivity index (χ1v) is 15.8. The lowest BCUT2D eigenvalue weighted by Gasteiger charge is -2.39. The molecule has 6 rings (SSSR count). The minimum atomic E-state index is -4.07. The van der Waals surface area contributed by atoms with Gasteiger partial charge < -0.3 is 30.0 Å². The number of hydrogen-bond acceptors (Lipinski definition) is 10. The van der Waals surface area contributed by atoms with Crippen molar-refractivity contribution in [3.05, 3.63) is 62.1 Å². The van der Waals surface area contributed by atoms with E-state index in [2.05, 4.69) is 15.0 Å². The van der Waals surface area contributed by atoms with Gasteiger partial charge >= 0.3 is 0 Å². The zero-order valence-corrected chi connectivity index (χ0v) is 25.8. The lowest BCUT2D eigenvalue weighted by molar-refractivity contribution is -0.169. The van der Waals surface area contributed by atoms with Crippen LogP contribution in [0, 0.1) is 0 Å². The fraction of sp³-hybridized carbons (Fsp3) is 0.370. The van der Waals surface area contributed by atoms with E-state index in [1.807, 2.05) is 18.2 Å². The van der Waals surface area contributed by atoms with E-state index in [0.717, 1.165) is 37.2 Å². The summed E-state index contributed by atoms with van der Waals surface area (Å²) in [5, 5.41) is 9.96. The number of aromatic amines is 1. The number of piperidine rings is 1. The predicted octanol–water partition coefficient (Wildman–Crippen LogP) is 2.65. The van der Waals surface area contributed by atoms with Gasteiger partial charge in [-0.1, -0.05) is 29.3 Å². The fourth-order valence-electron chi connectivity index (χ4n) is 5.58. The number of rotatable bonds is 6. The van der Waals surface area contributed by atoms with Crippen LogP contribution in [0.1, 0.15) is 24.2 Å². The molecule has 2 fully saturated rings. The Labute approximate surface area is 257 Å². The molecule has 16 heteroatoms. The van der Waals surface area contributed by atoms with Crippen LogP contribution in [0.5, 0.6) is 0 Å². The average Bonchev–Trinajstić information content (AvgIpc) is 3.54. The summed E-state index contributed by atoms with van der Waals surface area (Å²) in [6.45, 7) is 2.77. The molecule has 2 saturated heterocycles. The van der Waals surface area contributed by atoms with E-state index in [1.165, 1.54) is 16.8 Å². The number of halogens is 2. The molecule has 0 unspecified atom stereocenters. The number of nitrogens with one attached hydrogen (secondary N) is 1. The van der Waals surface area contributed by atoms with Crippen molar-refractivity contribution in [2.24, 2.45) is 5.14 Å². The minimum Gasteiger partial charge on any atom is -0.397 e. The van der Waals surface area contributed by atoms with Crippen LogP contribution in [-0.4, -0.2) is 74.4 Å². The number of H-pyrrole nitrogens is 1. The van der Waals surface area contributed by atoms with Gasteiger partial charge in [0, 0.05) is 46.4 Å². The second-order valence-corrected chi connectivity index (χ2v) is 13.2. The van der Waals surface area contributed by atoms with Crippen LogP contribution in [0.3, 0.4) is 0 Å². The van der Waals surface area contributed by atoms with Crippen LogP contribution in [0.4, 0.5) is 17.2 Å². The van der Waals surface area contributed by atoms with Crippen molar-refractivity contribution in [1.82, 2.24) is 19.7 Å². The zero-order chi connectivity index (χ0) is 30.7. The molecule has 4 aromatic rings. The van der Waals surface area contributed by atoms with Crippen molar-refractivity contribution in [2.75, 3.05) is 55.9 Å². The Hall–Kier alpha value is -3.40. The number of anilines is 3. The lowest BCUT2D eigenvalue weighted by Crippen LogP contribution is -2.45. The maximum absolute atomic E-state index is 13.4. The smallest absolute Gasteiger partial charge is 0.264 e. The highest BCUT2D eigenvalue weighted by Crippen LogP contribution is 2.36. The molecule has 13 nitrogen and oxygen atoms in total. The number of hydrogen-bond donors (Lipinski definition) is 3. The molecular formula is C27H30Cl2N8O5S. The lowest BCUT2D eigenvalue weighted by atomic mass is 10.0. The highest BCUT2D eigenvalue weighted by atomic mass is 35.5. The molecule has 43 heavy (non-hydrogen) atoms. The first kappa shape index (κ1) is 29.7. The van der Waals surface area contributed by atoms with E-state index in [4.69, 9.17) is 48.5 Å². The molecule has 0 aliphatic carbocycles. The number of sulfonamides is 1. The maximum atomic E-state index is 13.4. The molecule has 2 aromatic carbocycles. The van der Waals surface area contributed by atoms with Crippen LogP contribution >= 0.6 is 23.2 Å². The molecule has 228 valence electrons. The van der Waals surface area contributed by atoms with Crippen molar-refractivity contribution in [3.63, 3.8) is 0 Å². The van der Waals surface area contributed by atoms with Crippen molar-refractivity contribution < 1.29 is 17.9 Å². The van der Waals surface area contributed by atoms with Gasteiger partial charge in [0.05, 0.1) is 39.5 Å². The summed E-state index contributed by atoms with van der Waals surface area (Å²) in [6.07, 6.45) is 1.80. The minimum absolute atomic E-state index is 0.0343. The molecule has 0 radical (unpaired) electrons. The summed E-state index contributed by atoms with van der Waals surface area (Å²) < 4.78 is 36.8. The third-order valence-corrected chi connectivity index (χ3v) is 9.13. The largest absolute Gasteiger partial charge is 0.397 e. The SMILES string of the molecule is CN(C)c1nn(-c2c(Cl)cc(S(N)(=O)=O)cc2Cl)c2nc(Cc3ccc(N4CCC5(CC4)OCCO5)c(N)c3)[nH]c(=O)c12. The summed E-state index contributed by atoms with van der Waals surface area (Å²) in [4.78, 5) is 24.6. The highest BCUT2D eigenvalue weighted by molar-refractivity contribution is 7.89. The maximum Gasteiger partial charge on any atom is 0.264 e. The van der Waals surface area contributed by atoms with E-state index >= 15 is 0 Å². The van der Waals surface area contributed by atoms with E-state index < -0.39 is 21.4 Å². The standard InChI is InChI=1S/C27H30Cl2N8O5S/c1-35(2)25-22-24(37(34-25)23-17(28)13-16(14-18(23)29)43(31,39)40)32-21(33-26(22)38)12-15-3-4-20(19(30)11-15)36-7-5-27(6-8-36)41-9-10-42-27/h3-4,11,13-14H,5-10,12,30H2,1-2H3,(H2,31,39,40)(H,32,33,38). The molecule has 0 atom stereocenters. The Bertz CT molecular complexity index is 1870. The topological polar surface area (TPSA) is 175 Å². The number of benzene rings is 2. The second-order valence-electron chi connectivity index (χ2n) is 10.8. The second kappa shape index (κ2) is 10.9. The summed E-state index contributed by atoms with van der Waals surface area (Å²) in [7, 11) is -0.608. The van der Waals surface area contributed by atoms with Gasteiger partial charge in [-0.25, -0.2) is 23.2 Å². The van der Waals surface area contributed by atoms with Crippen molar-refractivity contribution >= 4 is 61.5 Å². The van der Waals surface area contributed by atoms with Gasteiger partial charge in [-0.2, -0.15) is 0 Å². The van der Waals surface area contributed by atoms with E-state index in [1.54, 1.807) is 19.0 Å². The number of nitrogens with zero attached hydrogens (tertiary/aromatic N) is 5. The monoisotopic (exact) mass is 648 g/mol. The normalized spacial score (nSPS) is 16.8. The molecule has 4 heterocycles. The van der Waals surface area contributed by atoms with Crippen molar-refractivity contribution in [1.29, 1.82) is 0 Å².